The molecule has 3 N–H and O–H groups in total. The molecule has 1 saturated heterocycles. The molecule has 14 heavy (non-hydrogen) atoms. The number of hydrogen-bond acceptors (Lipinski definition) is 4. The van der Waals surface area contributed by atoms with Crippen LogP contribution in [0.3, 0.4) is 0 Å². The number of rotatable bonds is 3. The second-order valence-corrected chi connectivity index (χ2v) is 3.97. The first-order valence-corrected chi connectivity index (χ1v) is 5.09. The standard InChI is InChI=1S/C9H20N4O/c1-8(2)13-5-3-12(4-6-13)7-9(14)11-10/h8H,3-7,10H2,1-2H3,(H,11,14). The van der Waals surface area contributed by atoms with E-state index < -0.39 is 0 Å². The minimum Gasteiger partial charge on any atom is -0.298 e. The molecule has 1 aliphatic heterocycles. The first kappa shape index (κ1) is 11.4. The molecular formula is C9H20N4O. The molecule has 1 rings (SSSR count). The van der Waals surface area contributed by atoms with E-state index in [4.69, 9.17) is 5.84 Å². The van der Waals surface area contributed by atoms with Crippen molar-refractivity contribution in [1.82, 2.24) is 15.2 Å². The van der Waals surface area contributed by atoms with Crippen LogP contribution in [0.15, 0.2) is 0 Å². The van der Waals surface area contributed by atoms with Crippen LogP contribution in [0, 0.1) is 0 Å². The summed E-state index contributed by atoms with van der Waals surface area (Å²) in [5, 5.41) is 0. The fourth-order valence-electron chi connectivity index (χ4n) is 1.69. The van der Waals surface area contributed by atoms with Gasteiger partial charge in [0.2, 0.25) is 5.91 Å². The van der Waals surface area contributed by atoms with Gasteiger partial charge in [0.1, 0.15) is 0 Å². The van der Waals surface area contributed by atoms with Crippen molar-refractivity contribution in [3.05, 3.63) is 0 Å². The summed E-state index contributed by atoms with van der Waals surface area (Å²) in [4.78, 5) is 15.5. The maximum atomic E-state index is 11.0. The van der Waals surface area contributed by atoms with Gasteiger partial charge in [-0.15, -0.1) is 0 Å². The molecule has 82 valence electrons. The number of carbonyl (C=O) groups excluding carboxylic acids is 1. The van der Waals surface area contributed by atoms with Gasteiger partial charge in [-0.3, -0.25) is 20.0 Å². The Morgan fingerprint density at radius 2 is 1.93 bits per heavy atom. The van der Waals surface area contributed by atoms with E-state index in [0.717, 1.165) is 26.2 Å². The first-order valence-electron chi connectivity index (χ1n) is 5.09. The quantitative estimate of drug-likeness (QED) is 0.348. The molecule has 0 aromatic rings. The number of nitrogens with zero attached hydrogens (tertiary/aromatic N) is 2. The third-order valence-corrected chi connectivity index (χ3v) is 2.67. The van der Waals surface area contributed by atoms with Crippen LogP contribution in [0.4, 0.5) is 0 Å². The Hall–Kier alpha value is -0.650. The Bertz CT molecular complexity index is 187. The Morgan fingerprint density at radius 3 is 2.36 bits per heavy atom. The molecule has 1 amide bonds. The molecule has 0 aliphatic carbocycles. The fourth-order valence-corrected chi connectivity index (χ4v) is 1.69. The predicted octanol–water partition coefficient (Wildman–Crippen LogP) is -0.998. The molecule has 5 nitrogen and oxygen atoms in total. The largest absolute Gasteiger partial charge is 0.298 e. The summed E-state index contributed by atoms with van der Waals surface area (Å²) in [7, 11) is 0. The van der Waals surface area contributed by atoms with Crippen LogP contribution in [0.1, 0.15) is 13.8 Å². The highest BCUT2D eigenvalue weighted by Gasteiger charge is 2.19. The Morgan fingerprint density at radius 1 is 1.36 bits per heavy atom. The molecular weight excluding hydrogens is 180 g/mol. The van der Waals surface area contributed by atoms with Gasteiger partial charge in [-0.1, -0.05) is 0 Å². The van der Waals surface area contributed by atoms with E-state index in [2.05, 4.69) is 29.1 Å². The normalized spacial score (nSPS) is 20.0. The van der Waals surface area contributed by atoms with Crippen molar-refractivity contribution in [2.75, 3.05) is 32.7 Å². The van der Waals surface area contributed by atoms with Crippen molar-refractivity contribution in [2.24, 2.45) is 5.84 Å². The molecule has 0 aromatic carbocycles. The highest BCUT2D eigenvalue weighted by Crippen LogP contribution is 2.04. The molecule has 0 atom stereocenters. The number of nitrogens with one attached hydrogen (secondary N) is 1. The van der Waals surface area contributed by atoms with Crippen LogP contribution in [0.2, 0.25) is 0 Å². The summed E-state index contributed by atoms with van der Waals surface area (Å²) in [6.45, 7) is 8.79. The molecule has 1 fully saturated rings. The van der Waals surface area contributed by atoms with Crippen LogP contribution < -0.4 is 11.3 Å². The summed E-state index contributed by atoms with van der Waals surface area (Å²) in [6, 6.07) is 0.598. The minimum atomic E-state index is -0.108. The van der Waals surface area contributed by atoms with Crippen molar-refractivity contribution in [3.8, 4) is 0 Å². The van der Waals surface area contributed by atoms with Crippen molar-refractivity contribution in [2.45, 2.75) is 19.9 Å². The van der Waals surface area contributed by atoms with E-state index in [1.807, 2.05) is 0 Å². The van der Waals surface area contributed by atoms with Crippen LogP contribution in [-0.2, 0) is 4.79 Å². The van der Waals surface area contributed by atoms with Crippen LogP contribution >= 0.6 is 0 Å². The number of nitrogens with two attached hydrogens (primary N) is 1. The van der Waals surface area contributed by atoms with Gasteiger partial charge in [-0.2, -0.15) is 0 Å². The molecule has 0 radical (unpaired) electrons. The lowest BCUT2D eigenvalue weighted by molar-refractivity contribution is -0.122. The third kappa shape index (κ3) is 3.25. The van der Waals surface area contributed by atoms with Crippen molar-refractivity contribution in [1.29, 1.82) is 0 Å². The fraction of sp³-hybridized carbons (Fsp3) is 0.889. The summed E-state index contributed by atoms with van der Waals surface area (Å²) >= 11 is 0. The maximum absolute atomic E-state index is 11.0. The lowest BCUT2D eigenvalue weighted by Crippen LogP contribution is -2.51. The first-order chi connectivity index (χ1) is 6.63. The van der Waals surface area contributed by atoms with Gasteiger partial charge in [0.15, 0.2) is 0 Å². The molecule has 1 heterocycles. The second kappa shape index (κ2) is 5.29. The van der Waals surface area contributed by atoms with Crippen LogP contribution in [0.5, 0.6) is 0 Å². The van der Waals surface area contributed by atoms with Crippen molar-refractivity contribution >= 4 is 5.91 Å². The van der Waals surface area contributed by atoms with Gasteiger partial charge < -0.3 is 0 Å². The summed E-state index contributed by atoms with van der Waals surface area (Å²) < 4.78 is 0. The monoisotopic (exact) mass is 200 g/mol. The smallest absolute Gasteiger partial charge is 0.248 e. The molecule has 0 spiro atoms. The molecule has 0 aromatic heterocycles. The Labute approximate surface area is 85.2 Å². The van der Waals surface area contributed by atoms with Gasteiger partial charge in [0.05, 0.1) is 6.54 Å². The van der Waals surface area contributed by atoms with Gasteiger partial charge in [-0.25, -0.2) is 5.84 Å². The number of carbonyl (C=O) groups is 1. The number of amides is 1. The molecule has 0 bridgehead atoms. The molecule has 5 heteroatoms. The van der Waals surface area contributed by atoms with Gasteiger partial charge >= 0.3 is 0 Å². The maximum Gasteiger partial charge on any atom is 0.248 e. The van der Waals surface area contributed by atoms with Gasteiger partial charge in [0, 0.05) is 32.2 Å². The lowest BCUT2D eigenvalue weighted by atomic mass is 10.2. The van der Waals surface area contributed by atoms with E-state index in [1.54, 1.807) is 0 Å². The topological polar surface area (TPSA) is 61.6 Å². The predicted molar refractivity (Wildman–Crippen MR) is 55.5 cm³/mol. The number of hydrogen-bond donors (Lipinski definition) is 2. The van der Waals surface area contributed by atoms with Crippen LogP contribution in [0.25, 0.3) is 0 Å². The van der Waals surface area contributed by atoms with E-state index in [9.17, 15) is 4.79 Å². The van der Waals surface area contributed by atoms with Gasteiger partial charge in [-0.05, 0) is 13.8 Å². The lowest BCUT2D eigenvalue weighted by Gasteiger charge is -2.36. The van der Waals surface area contributed by atoms with E-state index >= 15 is 0 Å². The second-order valence-electron chi connectivity index (χ2n) is 3.97. The van der Waals surface area contributed by atoms with E-state index in [0.29, 0.717) is 12.6 Å². The highest BCUT2D eigenvalue weighted by atomic mass is 16.2. The number of hydrazine groups is 1. The Balaban J connectivity index is 2.25. The highest BCUT2D eigenvalue weighted by molar-refractivity contribution is 5.77. The molecule has 0 unspecified atom stereocenters. The van der Waals surface area contributed by atoms with Crippen molar-refractivity contribution in [3.63, 3.8) is 0 Å². The Kier molecular flexibility index (Phi) is 4.31. The molecule has 0 saturated carbocycles. The summed E-state index contributed by atoms with van der Waals surface area (Å²) in [5.41, 5.74) is 2.15. The van der Waals surface area contributed by atoms with Crippen molar-refractivity contribution < 1.29 is 4.79 Å². The minimum absolute atomic E-state index is 0.108. The van der Waals surface area contributed by atoms with E-state index in [1.165, 1.54) is 0 Å². The van der Waals surface area contributed by atoms with Gasteiger partial charge in [0.25, 0.3) is 0 Å². The zero-order chi connectivity index (χ0) is 10.6. The van der Waals surface area contributed by atoms with Crippen LogP contribution in [-0.4, -0.2) is 54.5 Å². The number of piperazine rings is 1. The zero-order valence-electron chi connectivity index (χ0n) is 8.99. The zero-order valence-corrected chi connectivity index (χ0v) is 8.99. The van der Waals surface area contributed by atoms with E-state index in [-0.39, 0.29) is 5.91 Å². The summed E-state index contributed by atoms with van der Waals surface area (Å²) in [5.74, 6) is 4.92. The molecule has 1 aliphatic rings. The average molecular weight is 200 g/mol. The summed E-state index contributed by atoms with van der Waals surface area (Å²) in [6.07, 6.45) is 0. The third-order valence-electron chi connectivity index (χ3n) is 2.67. The average Bonchev–Trinajstić information content (AvgIpc) is 2.18. The SMILES string of the molecule is CC(C)N1CCN(CC(=O)NN)CC1.